The largest absolute Gasteiger partial charge is 0.281 e. The molecule has 0 unspecified atom stereocenters. The monoisotopic (exact) mass is 305 g/mol. The second-order valence-corrected chi connectivity index (χ2v) is 8.28. The Morgan fingerprint density at radius 3 is 1.00 bits per heavy atom. The normalized spacial score (nSPS) is 8.47. The van der Waals surface area contributed by atoms with E-state index in [2.05, 4.69) is 41.1 Å². The number of hydrogen-bond donors (Lipinski definition) is 0. The van der Waals surface area contributed by atoms with Crippen molar-refractivity contribution < 1.29 is 36.0 Å². The molecule has 0 aliphatic rings. The minimum absolute atomic E-state index is 0. The summed E-state index contributed by atoms with van der Waals surface area (Å²) in [7, 11) is -1.43. The fraction of sp³-hybridized carbons (Fsp3) is 0.636. The summed E-state index contributed by atoms with van der Waals surface area (Å²) in [6.07, 6.45) is 3.36. The first-order chi connectivity index (χ1) is 7.63. The summed E-state index contributed by atoms with van der Waals surface area (Å²) >= 11 is 0. The van der Waals surface area contributed by atoms with Gasteiger partial charge in [0.25, 0.3) is 20.4 Å². The SMILES string of the molecule is CC[PH](CC)(CC)C(C)=O.[C]=O.[C]=O.[C]=O.[Co]. The molecule has 0 heterocycles. The Morgan fingerprint density at radius 1 is 0.824 bits per heavy atom. The quantitative estimate of drug-likeness (QED) is 0.731. The topological polar surface area (TPSA) is 68.3 Å². The Morgan fingerprint density at radius 2 is 1.00 bits per heavy atom. The molecule has 0 aromatic carbocycles. The average Bonchev–Trinajstić information content (AvgIpc) is 2.39. The third-order valence-electron chi connectivity index (χ3n) is 2.78. The van der Waals surface area contributed by atoms with Crippen LogP contribution in [-0.4, -0.2) is 44.4 Å². The second-order valence-electron chi connectivity index (χ2n) is 2.90. The summed E-state index contributed by atoms with van der Waals surface area (Å²) < 4.78 is 0. The smallest absolute Gasteiger partial charge is 0.281 e. The Bertz CT molecular complexity index is 151. The molecule has 0 aliphatic carbocycles. The van der Waals surface area contributed by atoms with E-state index in [1.807, 2.05) is 0 Å². The van der Waals surface area contributed by atoms with E-state index in [0.29, 0.717) is 5.52 Å². The molecule has 4 nitrogen and oxygen atoms in total. The van der Waals surface area contributed by atoms with Gasteiger partial charge in [-0.2, -0.15) is 0 Å². The molecule has 0 bridgehead atoms. The molecule has 0 atom stereocenters. The van der Waals surface area contributed by atoms with E-state index in [-0.39, 0.29) is 16.8 Å². The van der Waals surface area contributed by atoms with Crippen LogP contribution in [0.5, 0.6) is 0 Å². The number of carbonyl (C=O) groups is 1. The van der Waals surface area contributed by atoms with E-state index < -0.39 is 7.26 Å². The van der Waals surface area contributed by atoms with E-state index in [1.54, 1.807) is 6.92 Å². The predicted molar refractivity (Wildman–Crippen MR) is 67.7 cm³/mol. The summed E-state index contributed by atoms with van der Waals surface area (Å²) in [6, 6.07) is 0. The summed E-state index contributed by atoms with van der Waals surface area (Å²) in [5.41, 5.74) is 0.486. The Labute approximate surface area is 115 Å². The number of rotatable bonds is 4. The fourth-order valence-electron chi connectivity index (χ4n) is 1.50. The van der Waals surface area contributed by atoms with Gasteiger partial charge >= 0.3 is 63.8 Å². The minimum atomic E-state index is -1.43. The van der Waals surface area contributed by atoms with Gasteiger partial charge in [-0.05, 0) is 0 Å². The molecule has 0 aliphatic heterocycles. The molecule has 0 aromatic heterocycles. The van der Waals surface area contributed by atoms with Crippen LogP contribution < -0.4 is 0 Å². The van der Waals surface area contributed by atoms with Crippen LogP contribution in [0.1, 0.15) is 27.7 Å². The van der Waals surface area contributed by atoms with E-state index in [1.165, 1.54) is 0 Å². The molecule has 0 saturated carbocycles. The van der Waals surface area contributed by atoms with Gasteiger partial charge in [-0.3, -0.25) is 14.4 Å². The molecule has 0 amide bonds. The summed E-state index contributed by atoms with van der Waals surface area (Å²) in [5.74, 6) is 0. The maximum absolute atomic E-state index is 11.2. The van der Waals surface area contributed by atoms with Crippen molar-refractivity contribution in [1.82, 2.24) is 0 Å². The van der Waals surface area contributed by atoms with Gasteiger partial charge in [0.1, 0.15) is 0 Å². The van der Waals surface area contributed by atoms with Gasteiger partial charge < -0.3 is 0 Å². The van der Waals surface area contributed by atoms with Gasteiger partial charge in [0, 0.05) is 16.8 Å². The molecule has 0 aromatic rings. The molecule has 0 fully saturated rings. The summed E-state index contributed by atoms with van der Waals surface area (Å²) in [6.45, 7) is 21.7. The van der Waals surface area contributed by atoms with Gasteiger partial charge in [-0.15, -0.1) is 0 Å². The van der Waals surface area contributed by atoms with Gasteiger partial charge in [0.05, 0.1) is 0 Å². The van der Waals surface area contributed by atoms with Crippen LogP contribution in [0.2, 0.25) is 0 Å². The molecule has 0 N–H and O–H groups in total. The van der Waals surface area contributed by atoms with Crippen molar-refractivity contribution in [2.45, 2.75) is 27.7 Å². The Hall–Kier alpha value is -0.384. The second kappa shape index (κ2) is 24.7. The molecule has 101 valence electrons. The van der Waals surface area contributed by atoms with Crippen molar-refractivity contribution in [3.8, 4) is 0 Å². The average molecular weight is 305 g/mol. The molecule has 0 spiro atoms. The van der Waals surface area contributed by atoms with Crippen LogP contribution in [-0.2, 0) is 36.0 Å². The molecule has 6 heteroatoms. The van der Waals surface area contributed by atoms with E-state index >= 15 is 0 Å². The van der Waals surface area contributed by atoms with Crippen molar-refractivity contribution >= 4 is 33.2 Å². The maximum Gasteiger partial charge on any atom is 0.281 e. The molecule has 0 rings (SSSR count). The van der Waals surface area contributed by atoms with Crippen molar-refractivity contribution in [2.75, 3.05) is 18.5 Å². The Kier molecular flexibility index (Phi) is 43.7. The van der Waals surface area contributed by atoms with Crippen molar-refractivity contribution in [2.24, 2.45) is 0 Å². The van der Waals surface area contributed by atoms with Crippen LogP contribution in [0, 0.1) is 0 Å². The van der Waals surface area contributed by atoms with Crippen LogP contribution >= 0.6 is 7.26 Å². The first-order valence-electron chi connectivity index (χ1n) is 4.75. The predicted octanol–water partition coefficient (Wildman–Crippen LogP) is 1.15. The zero-order valence-corrected chi connectivity index (χ0v) is 12.6. The molecule has 7 radical (unpaired) electrons. The van der Waals surface area contributed by atoms with Gasteiger partial charge in [-0.25, -0.2) is 0 Å². The molecular weight excluding hydrogens is 286 g/mol. The van der Waals surface area contributed by atoms with Gasteiger partial charge in [0.15, 0.2) is 0 Å². The zero-order valence-electron chi connectivity index (χ0n) is 10.6. The Balaban J connectivity index is -0.0000000594. The molecular formula is C11H19CoO4P. The van der Waals surface area contributed by atoms with Crippen molar-refractivity contribution in [1.29, 1.82) is 0 Å². The number of carbonyl (C=O) groups excluding carboxylic acids is 4. The number of hydrogen-bond acceptors (Lipinski definition) is 4. The van der Waals surface area contributed by atoms with Crippen molar-refractivity contribution in [3.63, 3.8) is 0 Å². The zero-order chi connectivity index (χ0) is 14.2. The van der Waals surface area contributed by atoms with Crippen molar-refractivity contribution in [3.05, 3.63) is 0 Å². The first-order valence-corrected chi connectivity index (χ1v) is 7.37. The molecule has 17 heavy (non-hydrogen) atoms. The molecule has 0 saturated heterocycles. The third kappa shape index (κ3) is 13.6. The van der Waals surface area contributed by atoms with Gasteiger partial charge in [0.2, 0.25) is 0 Å². The van der Waals surface area contributed by atoms with Crippen LogP contribution in [0.25, 0.3) is 0 Å². The van der Waals surface area contributed by atoms with Crippen LogP contribution in [0.4, 0.5) is 0 Å². The maximum atomic E-state index is 11.2. The fourth-order valence-corrected chi connectivity index (χ4v) is 4.49. The summed E-state index contributed by atoms with van der Waals surface area (Å²) in [5, 5.41) is 0. The summed E-state index contributed by atoms with van der Waals surface area (Å²) in [4.78, 5) is 33.7. The van der Waals surface area contributed by atoms with E-state index in [0.717, 1.165) is 18.5 Å². The first kappa shape index (κ1) is 30.0. The van der Waals surface area contributed by atoms with E-state index in [4.69, 9.17) is 14.4 Å². The van der Waals surface area contributed by atoms with Crippen LogP contribution in [0.3, 0.4) is 0 Å². The van der Waals surface area contributed by atoms with Gasteiger partial charge in [-0.1, -0.05) is 0 Å². The third-order valence-corrected chi connectivity index (χ3v) is 8.33. The van der Waals surface area contributed by atoms with E-state index in [9.17, 15) is 4.79 Å². The standard InChI is InChI=1S/C8H19OP.3CO.Co/c1-5-10(6-2,7-3)8(4)9;3*1-2;/h10H,5-7H2,1-4H3;;;;. The minimum Gasteiger partial charge on any atom is -0.281 e. The van der Waals surface area contributed by atoms with Crippen LogP contribution in [0.15, 0.2) is 0 Å².